The van der Waals surface area contributed by atoms with Crippen molar-refractivity contribution in [2.45, 2.75) is 26.1 Å². The topological polar surface area (TPSA) is 25.8 Å². The molecule has 1 unspecified atom stereocenters. The van der Waals surface area contributed by atoms with E-state index in [2.05, 4.69) is 9.97 Å². The third kappa shape index (κ3) is 2.15. The molecule has 0 amide bonds. The first-order valence-electron chi connectivity index (χ1n) is 3.56. The van der Waals surface area contributed by atoms with Gasteiger partial charge in [0.25, 0.3) is 0 Å². The summed E-state index contributed by atoms with van der Waals surface area (Å²) in [7, 11) is 0. The van der Waals surface area contributed by atoms with E-state index >= 15 is 0 Å². The molecule has 0 saturated carbocycles. The van der Waals surface area contributed by atoms with E-state index in [9.17, 15) is 0 Å². The minimum Gasteiger partial charge on any atom is -0.237 e. The summed E-state index contributed by atoms with van der Waals surface area (Å²) in [5, 5.41) is -0.103. The zero-order valence-corrected chi connectivity index (χ0v) is 7.68. The minimum atomic E-state index is -0.103. The molecule has 0 aliphatic carbocycles. The first kappa shape index (κ1) is 8.47. The van der Waals surface area contributed by atoms with Crippen molar-refractivity contribution in [1.82, 2.24) is 9.97 Å². The Bertz CT molecular complexity index is 238. The van der Waals surface area contributed by atoms with Gasteiger partial charge in [-0.3, -0.25) is 0 Å². The molecule has 0 fully saturated rings. The highest BCUT2D eigenvalue weighted by atomic mass is 35.5. The van der Waals surface area contributed by atoms with Crippen LogP contribution in [0.5, 0.6) is 0 Å². The van der Waals surface area contributed by atoms with Crippen LogP contribution in [0.1, 0.15) is 29.5 Å². The predicted molar refractivity (Wildman–Crippen MR) is 45.8 cm³/mol. The molecule has 0 bridgehead atoms. The lowest BCUT2D eigenvalue weighted by Gasteiger charge is -2.03. The molecule has 2 nitrogen and oxygen atoms in total. The van der Waals surface area contributed by atoms with E-state index in [1.54, 1.807) is 0 Å². The Kier molecular flexibility index (Phi) is 2.45. The third-order valence-corrected chi connectivity index (χ3v) is 1.55. The maximum atomic E-state index is 5.82. The molecule has 0 aromatic carbocycles. The SMILES string of the molecule is Cc1cc(C)nc(C(C)Cl)n1. The molecule has 0 radical (unpaired) electrons. The van der Waals surface area contributed by atoms with Crippen molar-refractivity contribution < 1.29 is 0 Å². The molecule has 1 heterocycles. The van der Waals surface area contributed by atoms with Gasteiger partial charge in [-0.05, 0) is 26.8 Å². The molecule has 1 aromatic rings. The molecule has 0 saturated heterocycles. The van der Waals surface area contributed by atoms with Gasteiger partial charge < -0.3 is 0 Å². The number of aromatic nitrogens is 2. The summed E-state index contributed by atoms with van der Waals surface area (Å²) in [6, 6.07) is 1.93. The quantitative estimate of drug-likeness (QED) is 0.605. The highest BCUT2D eigenvalue weighted by Gasteiger charge is 2.04. The molecule has 0 aliphatic rings. The van der Waals surface area contributed by atoms with Crippen LogP contribution in [-0.2, 0) is 0 Å². The maximum absolute atomic E-state index is 5.82. The Hall–Kier alpha value is -0.630. The molecule has 3 heteroatoms. The van der Waals surface area contributed by atoms with Crippen LogP contribution in [0.4, 0.5) is 0 Å². The van der Waals surface area contributed by atoms with Crippen LogP contribution in [0, 0.1) is 13.8 Å². The molecule has 0 aliphatic heterocycles. The summed E-state index contributed by atoms with van der Waals surface area (Å²) >= 11 is 5.82. The molecule has 60 valence electrons. The molecule has 1 aromatic heterocycles. The summed E-state index contributed by atoms with van der Waals surface area (Å²) in [6.45, 7) is 5.75. The summed E-state index contributed by atoms with van der Waals surface area (Å²) < 4.78 is 0. The molecule has 1 atom stereocenters. The Morgan fingerprint density at radius 3 is 2.09 bits per heavy atom. The van der Waals surface area contributed by atoms with E-state index in [1.807, 2.05) is 26.8 Å². The fourth-order valence-corrected chi connectivity index (χ4v) is 1.03. The second-order valence-corrected chi connectivity index (χ2v) is 3.28. The van der Waals surface area contributed by atoms with E-state index in [0.717, 1.165) is 11.4 Å². The average Bonchev–Trinajstić information content (AvgIpc) is 1.85. The van der Waals surface area contributed by atoms with Crippen LogP contribution >= 0.6 is 11.6 Å². The lowest BCUT2D eigenvalue weighted by atomic mass is 10.3. The van der Waals surface area contributed by atoms with E-state index in [1.165, 1.54) is 0 Å². The van der Waals surface area contributed by atoms with Crippen molar-refractivity contribution in [3.8, 4) is 0 Å². The smallest absolute Gasteiger partial charge is 0.146 e. The predicted octanol–water partition coefficient (Wildman–Crippen LogP) is 2.39. The Morgan fingerprint density at radius 1 is 1.27 bits per heavy atom. The van der Waals surface area contributed by atoms with Gasteiger partial charge in [0.15, 0.2) is 0 Å². The summed E-state index contributed by atoms with van der Waals surface area (Å²) in [6.07, 6.45) is 0. The second-order valence-electron chi connectivity index (χ2n) is 2.62. The van der Waals surface area contributed by atoms with Gasteiger partial charge >= 0.3 is 0 Å². The number of hydrogen-bond donors (Lipinski definition) is 0. The first-order valence-corrected chi connectivity index (χ1v) is 3.99. The zero-order chi connectivity index (χ0) is 8.43. The fraction of sp³-hybridized carbons (Fsp3) is 0.500. The van der Waals surface area contributed by atoms with Gasteiger partial charge in [-0.25, -0.2) is 9.97 Å². The number of halogens is 1. The van der Waals surface area contributed by atoms with Crippen molar-refractivity contribution in [3.63, 3.8) is 0 Å². The van der Waals surface area contributed by atoms with Gasteiger partial charge in [-0.1, -0.05) is 0 Å². The van der Waals surface area contributed by atoms with Gasteiger partial charge in [0.2, 0.25) is 0 Å². The van der Waals surface area contributed by atoms with Gasteiger partial charge in [0.05, 0.1) is 5.38 Å². The number of aryl methyl sites for hydroxylation is 2. The van der Waals surface area contributed by atoms with Crippen molar-refractivity contribution in [1.29, 1.82) is 0 Å². The van der Waals surface area contributed by atoms with E-state index in [-0.39, 0.29) is 5.38 Å². The van der Waals surface area contributed by atoms with Crippen molar-refractivity contribution in [2.75, 3.05) is 0 Å². The lowest BCUT2D eigenvalue weighted by molar-refractivity contribution is 0.873. The number of hydrogen-bond acceptors (Lipinski definition) is 2. The van der Waals surface area contributed by atoms with Crippen LogP contribution in [0.3, 0.4) is 0 Å². The van der Waals surface area contributed by atoms with Crippen LogP contribution in [0.2, 0.25) is 0 Å². The van der Waals surface area contributed by atoms with Crippen molar-refractivity contribution >= 4 is 11.6 Å². The minimum absolute atomic E-state index is 0.103. The maximum Gasteiger partial charge on any atom is 0.146 e. The Morgan fingerprint density at radius 2 is 1.73 bits per heavy atom. The third-order valence-electron chi connectivity index (χ3n) is 1.36. The van der Waals surface area contributed by atoms with Crippen molar-refractivity contribution in [3.05, 3.63) is 23.3 Å². The normalized spacial score (nSPS) is 13.1. The van der Waals surface area contributed by atoms with Crippen molar-refractivity contribution in [2.24, 2.45) is 0 Å². The molecular weight excluding hydrogens is 160 g/mol. The Labute approximate surface area is 71.6 Å². The second kappa shape index (κ2) is 3.18. The monoisotopic (exact) mass is 170 g/mol. The van der Waals surface area contributed by atoms with Crippen LogP contribution in [-0.4, -0.2) is 9.97 Å². The van der Waals surface area contributed by atoms with E-state index in [0.29, 0.717) is 5.82 Å². The zero-order valence-electron chi connectivity index (χ0n) is 6.93. The van der Waals surface area contributed by atoms with Crippen LogP contribution in [0.25, 0.3) is 0 Å². The van der Waals surface area contributed by atoms with E-state index in [4.69, 9.17) is 11.6 Å². The summed E-state index contributed by atoms with van der Waals surface area (Å²) in [4.78, 5) is 8.38. The van der Waals surface area contributed by atoms with Crippen LogP contribution in [0.15, 0.2) is 6.07 Å². The summed E-state index contributed by atoms with van der Waals surface area (Å²) in [5.41, 5.74) is 1.94. The van der Waals surface area contributed by atoms with E-state index < -0.39 is 0 Å². The molecule has 11 heavy (non-hydrogen) atoms. The Balaban J connectivity index is 3.08. The number of nitrogens with zero attached hydrogens (tertiary/aromatic N) is 2. The highest BCUT2D eigenvalue weighted by Crippen LogP contribution is 2.14. The highest BCUT2D eigenvalue weighted by molar-refractivity contribution is 6.20. The van der Waals surface area contributed by atoms with Gasteiger partial charge in [-0.2, -0.15) is 0 Å². The largest absolute Gasteiger partial charge is 0.237 e. The number of alkyl halides is 1. The van der Waals surface area contributed by atoms with Gasteiger partial charge in [0.1, 0.15) is 5.82 Å². The summed E-state index contributed by atoms with van der Waals surface area (Å²) in [5.74, 6) is 0.712. The number of rotatable bonds is 1. The van der Waals surface area contributed by atoms with Gasteiger partial charge in [-0.15, -0.1) is 11.6 Å². The average molecular weight is 171 g/mol. The fourth-order valence-electron chi connectivity index (χ4n) is 0.931. The molecule has 0 spiro atoms. The van der Waals surface area contributed by atoms with Gasteiger partial charge in [0, 0.05) is 11.4 Å². The molecule has 1 rings (SSSR count). The first-order chi connectivity index (χ1) is 5.09. The molecular formula is C8H11ClN2. The molecule has 0 N–H and O–H groups in total. The van der Waals surface area contributed by atoms with Crippen LogP contribution < -0.4 is 0 Å². The lowest BCUT2D eigenvalue weighted by Crippen LogP contribution is -1.98. The standard InChI is InChI=1S/C8H11ClN2/c1-5-4-6(2)11-8(10-5)7(3)9/h4,7H,1-3H3.